The molecule has 0 radical (unpaired) electrons. The zero-order valence-corrected chi connectivity index (χ0v) is 14.6. The van der Waals surface area contributed by atoms with Gasteiger partial charge in [-0.15, -0.1) is 0 Å². The van der Waals surface area contributed by atoms with Crippen LogP contribution in [0.25, 0.3) is 23.1 Å². The molecule has 3 aromatic rings. The minimum absolute atomic E-state index is 0.182. The summed E-state index contributed by atoms with van der Waals surface area (Å²) >= 11 is 0. The molecule has 130 valence electrons. The molecule has 0 saturated carbocycles. The van der Waals surface area contributed by atoms with Crippen molar-refractivity contribution in [2.24, 2.45) is 0 Å². The van der Waals surface area contributed by atoms with Crippen LogP contribution < -0.4 is 4.57 Å². The number of pyridine rings is 1. The number of aromatic amines is 1. The number of rotatable bonds is 7. The fourth-order valence-electron chi connectivity index (χ4n) is 2.73. The maximum absolute atomic E-state index is 10.7. The third kappa shape index (κ3) is 5.01. The third-order valence-corrected chi connectivity index (χ3v) is 4.87. The van der Waals surface area contributed by atoms with Crippen LogP contribution in [0.5, 0.6) is 0 Å². The van der Waals surface area contributed by atoms with Crippen molar-refractivity contribution in [3.8, 4) is 0 Å². The molecule has 0 atom stereocenters. The van der Waals surface area contributed by atoms with Gasteiger partial charge in [-0.25, -0.2) is 4.57 Å². The Balaban J connectivity index is 1.59. The number of unbranched alkanes of at least 4 members (excludes halogenated alkanes) is 1. The van der Waals surface area contributed by atoms with Crippen LogP contribution >= 0.6 is 0 Å². The van der Waals surface area contributed by atoms with E-state index in [1.165, 1.54) is 5.39 Å². The Labute approximate surface area is 147 Å². The number of H-pyrrole nitrogens is 1. The first-order chi connectivity index (χ1) is 12.0. The van der Waals surface area contributed by atoms with Gasteiger partial charge >= 0.3 is 0 Å². The molecule has 2 heterocycles. The quantitative estimate of drug-likeness (QED) is 0.387. The highest BCUT2D eigenvalue weighted by Gasteiger charge is 2.06. The summed E-state index contributed by atoms with van der Waals surface area (Å²) in [6.45, 7) is 0.724. The van der Waals surface area contributed by atoms with Crippen LogP contribution in [0.1, 0.15) is 24.0 Å². The highest BCUT2D eigenvalue weighted by molar-refractivity contribution is 7.85. The normalized spacial score (nSPS) is 12.2. The molecule has 0 unspecified atom stereocenters. The van der Waals surface area contributed by atoms with Crippen molar-refractivity contribution in [3.05, 3.63) is 66.1 Å². The van der Waals surface area contributed by atoms with Gasteiger partial charge < -0.3 is 4.98 Å². The van der Waals surface area contributed by atoms with E-state index in [2.05, 4.69) is 29.3 Å². The Morgan fingerprint density at radius 2 is 1.80 bits per heavy atom. The molecule has 2 N–H and O–H groups in total. The number of benzene rings is 1. The van der Waals surface area contributed by atoms with Crippen LogP contribution in [-0.2, 0) is 16.7 Å². The zero-order valence-electron chi connectivity index (χ0n) is 13.8. The third-order valence-electron chi connectivity index (χ3n) is 4.06. The summed E-state index contributed by atoms with van der Waals surface area (Å²) in [4.78, 5) is 3.26. The highest BCUT2D eigenvalue weighted by Crippen LogP contribution is 2.19. The average Bonchev–Trinajstić information content (AvgIpc) is 3.00. The van der Waals surface area contributed by atoms with E-state index in [4.69, 9.17) is 4.55 Å². The second-order valence-electron chi connectivity index (χ2n) is 5.99. The number of aryl methyl sites for hydroxylation is 1. The second kappa shape index (κ2) is 7.63. The van der Waals surface area contributed by atoms with Gasteiger partial charge in [-0.3, -0.25) is 4.55 Å². The monoisotopic (exact) mass is 357 g/mol. The summed E-state index contributed by atoms with van der Waals surface area (Å²) in [5.74, 6) is -0.182. The van der Waals surface area contributed by atoms with E-state index in [1.54, 1.807) is 0 Å². The number of aromatic nitrogens is 2. The minimum atomic E-state index is -3.85. The minimum Gasteiger partial charge on any atom is -0.361 e. The van der Waals surface area contributed by atoms with Crippen LogP contribution in [0.4, 0.5) is 0 Å². The number of para-hydroxylation sites is 1. The highest BCUT2D eigenvalue weighted by atomic mass is 32.2. The van der Waals surface area contributed by atoms with Gasteiger partial charge in [-0.2, -0.15) is 8.42 Å². The molecule has 0 aliphatic heterocycles. The van der Waals surface area contributed by atoms with Gasteiger partial charge in [0.25, 0.3) is 10.1 Å². The Hall–Kier alpha value is -2.44. The molecule has 3 rings (SSSR count). The van der Waals surface area contributed by atoms with E-state index >= 15 is 0 Å². The van der Waals surface area contributed by atoms with Crippen molar-refractivity contribution in [2.45, 2.75) is 19.4 Å². The topological polar surface area (TPSA) is 74.0 Å². The Kier molecular flexibility index (Phi) is 5.31. The van der Waals surface area contributed by atoms with Crippen LogP contribution in [0, 0.1) is 0 Å². The Morgan fingerprint density at radius 1 is 1.04 bits per heavy atom. The van der Waals surface area contributed by atoms with Crippen LogP contribution in [-0.4, -0.2) is 23.7 Å². The molecular weight excluding hydrogens is 336 g/mol. The zero-order chi connectivity index (χ0) is 17.7. The molecular formula is C19H21N2O3S+. The Morgan fingerprint density at radius 3 is 2.56 bits per heavy atom. The van der Waals surface area contributed by atoms with E-state index in [1.807, 2.05) is 47.4 Å². The lowest BCUT2D eigenvalue weighted by atomic mass is 10.1. The standard InChI is InChI=1S/C19H20N2O3S/c22-25(23,24)14-4-3-11-21-12-9-16(10-13-21)7-8-17-15-20-19-6-2-1-5-18(17)19/h1-2,5-10,12-13,15H,3-4,11,14H2,(H,22,23,24)/p+1. The van der Waals surface area contributed by atoms with E-state index in [9.17, 15) is 8.42 Å². The van der Waals surface area contributed by atoms with Gasteiger partial charge in [-0.05, 0) is 23.6 Å². The first-order valence-electron chi connectivity index (χ1n) is 8.20. The van der Waals surface area contributed by atoms with E-state index in [0.29, 0.717) is 12.8 Å². The van der Waals surface area contributed by atoms with E-state index < -0.39 is 10.1 Å². The summed E-state index contributed by atoms with van der Waals surface area (Å²) in [6.07, 6.45) is 11.3. The van der Waals surface area contributed by atoms with Gasteiger partial charge in [0.1, 0.15) is 6.54 Å². The first kappa shape index (κ1) is 17.4. The largest absolute Gasteiger partial charge is 0.361 e. The molecule has 6 heteroatoms. The molecule has 1 aromatic carbocycles. The smallest absolute Gasteiger partial charge is 0.264 e. The van der Waals surface area contributed by atoms with Crippen LogP contribution in [0.2, 0.25) is 0 Å². The number of nitrogens with zero attached hydrogens (tertiary/aromatic N) is 1. The maximum atomic E-state index is 10.7. The molecule has 0 aliphatic carbocycles. The van der Waals surface area contributed by atoms with E-state index in [0.717, 1.165) is 23.2 Å². The lowest BCUT2D eigenvalue weighted by molar-refractivity contribution is -0.697. The SMILES string of the molecule is O=S(=O)(O)CCCC[n+]1ccc(/C=C/c2c[nH]c3ccccc23)cc1. The molecule has 5 nitrogen and oxygen atoms in total. The van der Waals surface area contributed by atoms with Crippen LogP contribution in [0.3, 0.4) is 0 Å². The van der Waals surface area contributed by atoms with Gasteiger partial charge in [0.05, 0.1) is 5.75 Å². The number of hydrogen-bond donors (Lipinski definition) is 2. The van der Waals surface area contributed by atoms with Gasteiger partial charge in [-0.1, -0.05) is 30.4 Å². The van der Waals surface area contributed by atoms with Crippen molar-refractivity contribution in [3.63, 3.8) is 0 Å². The Bertz CT molecular complexity index is 973. The molecule has 0 bridgehead atoms. The van der Waals surface area contributed by atoms with Crippen molar-refractivity contribution in [2.75, 3.05) is 5.75 Å². The predicted octanol–water partition coefficient (Wildman–Crippen LogP) is 3.29. The lowest BCUT2D eigenvalue weighted by Gasteiger charge is -1.98. The summed E-state index contributed by atoms with van der Waals surface area (Å²) in [5.41, 5.74) is 3.37. The van der Waals surface area contributed by atoms with E-state index in [-0.39, 0.29) is 5.75 Å². The van der Waals surface area contributed by atoms with Gasteiger partial charge in [0.2, 0.25) is 0 Å². The molecule has 0 amide bonds. The predicted molar refractivity (Wildman–Crippen MR) is 99.5 cm³/mol. The van der Waals surface area contributed by atoms with Gasteiger partial charge in [0.15, 0.2) is 12.4 Å². The summed E-state index contributed by atoms with van der Waals surface area (Å²) in [6, 6.07) is 12.2. The number of fused-ring (bicyclic) bond motifs is 1. The molecule has 0 saturated heterocycles. The van der Waals surface area contributed by atoms with Crippen molar-refractivity contribution in [1.82, 2.24) is 4.98 Å². The van der Waals surface area contributed by atoms with Crippen molar-refractivity contribution >= 4 is 33.2 Å². The van der Waals surface area contributed by atoms with Gasteiger partial charge in [0, 0.05) is 35.7 Å². The summed E-state index contributed by atoms with van der Waals surface area (Å²) < 4.78 is 32.1. The lowest BCUT2D eigenvalue weighted by Crippen LogP contribution is -2.32. The molecule has 2 aromatic heterocycles. The molecule has 0 fully saturated rings. The molecule has 25 heavy (non-hydrogen) atoms. The second-order valence-corrected chi connectivity index (χ2v) is 7.56. The van der Waals surface area contributed by atoms with Crippen molar-refractivity contribution in [1.29, 1.82) is 0 Å². The summed E-state index contributed by atoms with van der Waals surface area (Å²) in [5, 5.41) is 1.20. The first-order valence-corrected chi connectivity index (χ1v) is 9.81. The average molecular weight is 357 g/mol. The number of nitrogens with one attached hydrogen (secondary N) is 1. The molecule has 0 aliphatic rings. The fourth-order valence-corrected chi connectivity index (χ4v) is 3.29. The summed E-state index contributed by atoms with van der Waals surface area (Å²) in [7, 11) is -3.85. The van der Waals surface area contributed by atoms with Crippen LogP contribution in [0.15, 0.2) is 55.0 Å². The van der Waals surface area contributed by atoms with Crippen molar-refractivity contribution < 1.29 is 17.5 Å². The fraction of sp³-hybridized carbons (Fsp3) is 0.211. The molecule has 0 spiro atoms. The maximum Gasteiger partial charge on any atom is 0.264 e. The number of hydrogen-bond acceptors (Lipinski definition) is 2.